The van der Waals surface area contributed by atoms with E-state index >= 15 is 0 Å². The normalized spacial score (nSPS) is 11.9. The summed E-state index contributed by atoms with van der Waals surface area (Å²) >= 11 is 6.69. The lowest BCUT2D eigenvalue weighted by Crippen LogP contribution is -2.09. The second-order valence-corrected chi connectivity index (χ2v) is 8.45. The van der Waals surface area contributed by atoms with Gasteiger partial charge in [0.2, 0.25) is 9.84 Å². The number of hydrogen-bond acceptors (Lipinski definition) is 5. The molecule has 0 bridgehead atoms. The molecule has 0 aliphatic rings. The van der Waals surface area contributed by atoms with E-state index in [1.807, 2.05) is 0 Å². The van der Waals surface area contributed by atoms with Crippen molar-refractivity contribution in [3.05, 3.63) is 74.1 Å². The molecule has 2 aromatic carbocycles. The van der Waals surface area contributed by atoms with Crippen LogP contribution in [0.5, 0.6) is 5.75 Å². The minimum absolute atomic E-state index is 0.236. The maximum Gasteiger partial charge on any atom is 0.251 e. The van der Waals surface area contributed by atoms with Crippen LogP contribution in [0.25, 0.3) is 16.2 Å². The summed E-state index contributed by atoms with van der Waals surface area (Å²) in [5, 5.41) is 2.27. The topological polar surface area (TPSA) is 60.4 Å². The van der Waals surface area contributed by atoms with Crippen LogP contribution in [0.1, 0.15) is 5.56 Å². The van der Waals surface area contributed by atoms with Gasteiger partial charge in [-0.3, -0.25) is 4.79 Å². The minimum Gasteiger partial charge on any atom is -0.497 e. The Bertz CT molecular complexity index is 1110. The van der Waals surface area contributed by atoms with Crippen molar-refractivity contribution in [2.45, 2.75) is 4.90 Å². The first kappa shape index (κ1) is 17.7. The molecule has 1 aromatic heterocycles. The first-order chi connectivity index (χ1) is 11.9. The smallest absolute Gasteiger partial charge is 0.251 e. The molecule has 0 saturated heterocycles. The third-order valence-electron chi connectivity index (χ3n) is 3.53. The number of halogens is 1. The molecule has 0 radical (unpaired) electrons. The van der Waals surface area contributed by atoms with Crippen LogP contribution in [-0.4, -0.2) is 15.5 Å². The standard InChI is InChI=1S/C18H13ClO4S2/c1-23-15-7-4-13-10-17(18(20)24-16(13)11-15)25(21,22)9-8-12-2-5-14(19)6-3-12/h2-11H,1H3/b9-8-. The molecule has 25 heavy (non-hydrogen) atoms. The zero-order valence-corrected chi connectivity index (χ0v) is 15.5. The fourth-order valence-corrected chi connectivity index (χ4v) is 4.60. The van der Waals surface area contributed by atoms with Crippen LogP contribution >= 0.6 is 22.9 Å². The molecule has 3 aromatic rings. The average Bonchev–Trinajstić information content (AvgIpc) is 2.60. The van der Waals surface area contributed by atoms with Crippen LogP contribution in [-0.2, 0) is 9.84 Å². The van der Waals surface area contributed by atoms with E-state index in [4.69, 9.17) is 16.3 Å². The Balaban J connectivity index is 2.03. The molecule has 128 valence electrons. The van der Waals surface area contributed by atoms with Gasteiger partial charge in [0.15, 0.2) is 0 Å². The van der Waals surface area contributed by atoms with E-state index in [0.717, 1.165) is 16.7 Å². The highest BCUT2D eigenvalue weighted by Gasteiger charge is 2.17. The number of benzene rings is 2. The first-order valence-electron chi connectivity index (χ1n) is 7.20. The van der Waals surface area contributed by atoms with Gasteiger partial charge in [-0.25, -0.2) is 8.42 Å². The van der Waals surface area contributed by atoms with E-state index in [9.17, 15) is 13.2 Å². The van der Waals surface area contributed by atoms with Gasteiger partial charge in [0.1, 0.15) is 10.6 Å². The third-order valence-corrected chi connectivity index (χ3v) is 6.30. The molecule has 0 atom stereocenters. The van der Waals surface area contributed by atoms with Crippen LogP contribution in [0.15, 0.2) is 63.6 Å². The van der Waals surface area contributed by atoms with Crippen molar-refractivity contribution in [3.8, 4) is 5.75 Å². The van der Waals surface area contributed by atoms with E-state index in [2.05, 4.69) is 0 Å². The van der Waals surface area contributed by atoms with Crippen molar-refractivity contribution < 1.29 is 13.2 Å². The monoisotopic (exact) mass is 392 g/mol. The number of rotatable bonds is 4. The molecule has 0 spiro atoms. The van der Waals surface area contributed by atoms with Crippen LogP contribution in [0.3, 0.4) is 0 Å². The summed E-state index contributed by atoms with van der Waals surface area (Å²) in [6, 6.07) is 13.3. The zero-order chi connectivity index (χ0) is 18.0. The van der Waals surface area contributed by atoms with Crippen LogP contribution in [0, 0.1) is 0 Å². The number of fused-ring (bicyclic) bond motifs is 1. The summed E-state index contributed by atoms with van der Waals surface area (Å²) in [5.41, 5.74) is 0.676. The van der Waals surface area contributed by atoms with Gasteiger partial charge in [-0.15, -0.1) is 0 Å². The Morgan fingerprint density at radius 1 is 1.08 bits per heavy atom. The Morgan fingerprint density at radius 2 is 1.80 bits per heavy atom. The van der Waals surface area contributed by atoms with Gasteiger partial charge < -0.3 is 4.74 Å². The quantitative estimate of drug-likeness (QED) is 0.661. The molecule has 1 heterocycles. The van der Waals surface area contributed by atoms with Crippen molar-refractivity contribution in [2.75, 3.05) is 7.11 Å². The highest BCUT2D eigenvalue weighted by molar-refractivity contribution is 7.94. The molecule has 4 nitrogen and oxygen atoms in total. The molecule has 0 saturated carbocycles. The summed E-state index contributed by atoms with van der Waals surface area (Å²) in [5.74, 6) is 0.612. The predicted octanol–water partition coefficient (Wildman–Crippen LogP) is 4.37. The van der Waals surface area contributed by atoms with Crippen molar-refractivity contribution in [2.24, 2.45) is 0 Å². The fraction of sp³-hybridized carbons (Fsp3) is 0.0556. The second kappa shape index (κ2) is 7.00. The molecule has 0 amide bonds. The Morgan fingerprint density at radius 3 is 2.48 bits per heavy atom. The molecule has 0 unspecified atom stereocenters. The molecular weight excluding hydrogens is 380 g/mol. The number of methoxy groups -OCH3 is 1. The first-order valence-corrected chi connectivity index (χ1v) is 9.94. The van der Waals surface area contributed by atoms with Crippen molar-refractivity contribution in [1.82, 2.24) is 0 Å². The van der Waals surface area contributed by atoms with Gasteiger partial charge in [0, 0.05) is 15.1 Å². The van der Waals surface area contributed by atoms with Gasteiger partial charge in [0.25, 0.3) is 4.74 Å². The molecule has 7 heteroatoms. The number of sulfone groups is 1. The molecular formula is C18H13ClO4S2. The summed E-state index contributed by atoms with van der Waals surface area (Å²) in [4.78, 5) is 12.0. The maximum absolute atomic E-state index is 12.5. The second-order valence-electron chi connectivity index (χ2n) is 5.20. The van der Waals surface area contributed by atoms with Gasteiger partial charge in [-0.2, -0.15) is 0 Å². The highest BCUT2D eigenvalue weighted by atomic mass is 35.5. The fourth-order valence-electron chi connectivity index (χ4n) is 2.21. The Hall–Kier alpha value is -2.15. The third kappa shape index (κ3) is 3.92. The van der Waals surface area contributed by atoms with Crippen molar-refractivity contribution >= 4 is 48.9 Å². The SMILES string of the molecule is COc1ccc2cc(S(=O)(=O)/C=C\c3ccc(Cl)cc3)c(=O)sc2c1. The lowest BCUT2D eigenvalue weighted by atomic mass is 10.2. The molecule has 3 rings (SSSR count). The Kier molecular flexibility index (Phi) is 4.94. The summed E-state index contributed by atoms with van der Waals surface area (Å²) in [7, 11) is -2.32. The number of hydrogen-bond donors (Lipinski definition) is 0. The highest BCUT2D eigenvalue weighted by Crippen LogP contribution is 2.25. The van der Waals surface area contributed by atoms with E-state index in [-0.39, 0.29) is 4.90 Å². The van der Waals surface area contributed by atoms with Gasteiger partial charge >= 0.3 is 0 Å². The van der Waals surface area contributed by atoms with Crippen LogP contribution < -0.4 is 9.48 Å². The summed E-state index contributed by atoms with van der Waals surface area (Å²) < 4.78 is 30.3. The summed E-state index contributed by atoms with van der Waals surface area (Å²) in [6.07, 6.45) is 1.44. The Labute approximate surface area is 153 Å². The molecule has 0 fully saturated rings. The van der Waals surface area contributed by atoms with Crippen molar-refractivity contribution in [3.63, 3.8) is 0 Å². The van der Waals surface area contributed by atoms with Crippen LogP contribution in [0.4, 0.5) is 0 Å². The molecule has 0 aliphatic heterocycles. The average molecular weight is 393 g/mol. The van der Waals surface area contributed by atoms with Crippen molar-refractivity contribution in [1.29, 1.82) is 0 Å². The van der Waals surface area contributed by atoms with Gasteiger partial charge in [-0.1, -0.05) is 35.1 Å². The minimum atomic E-state index is -3.85. The predicted molar refractivity (Wildman–Crippen MR) is 102 cm³/mol. The van der Waals surface area contributed by atoms with Gasteiger partial charge in [0.05, 0.1) is 7.11 Å². The molecule has 0 aliphatic carbocycles. The maximum atomic E-state index is 12.5. The number of ether oxygens (including phenoxy) is 1. The van der Waals surface area contributed by atoms with E-state index in [1.54, 1.807) is 42.5 Å². The van der Waals surface area contributed by atoms with E-state index in [0.29, 0.717) is 26.4 Å². The van der Waals surface area contributed by atoms with E-state index in [1.165, 1.54) is 19.3 Å². The molecule has 0 N–H and O–H groups in total. The zero-order valence-electron chi connectivity index (χ0n) is 13.1. The van der Waals surface area contributed by atoms with E-state index < -0.39 is 14.6 Å². The van der Waals surface area contributed by atoms with Crippen LogP contribution in [0.2, 0.25) is 5.02 Å². The van der Waals surface area contributed by atoms with Gasteiger partial charge in [-0.05, 0) is 53.4 Å². The summed E-state index contributed by atoms with van der Waals surface area (Å²) in [6.45, 7) is 0. The lowest BCUT2D eigenvalue weighted by Gasteiger charge is -2.03. The lowest BCUT2D eigenvalue weighted by molar-refractivity contribution is 0.415. The largest absolute Gasteiger partial charge is 0.497 e.